The highest BCUT2D eigenvalue weighted by Gasteiger charge is 2.13. The SMILES string of the molecule is Cc1ccccc1-c1ccc(-c2nc(-c3ccc(CN(C)CC(=O)O)cc3)no2)cc1C.Cl. The Morgan fingerprint density at radius 1 is 0.939 bits per heavy atom. The fourth-order valence-electron chi connectivity index (χ4n) is 3.79. The molecule has 4 rings (SSSR count). The van der Waals surface area contributed by atoms with Gasteiger partial charge in [0.2, 0.25) is 5.82 Å². The minimum atomic E-state index is -0.842. The summed E-state index contributed by atoms with van der Waals surface area (Å²) in [5, 5.41) is 13.0. The zero-order valence-corrected chi connectivity index (χ0v) is 19.6. The monoisotopic (exact) mass is 463 g/mol. The van der Waals surface area contributed by atoms with Crippen molar-refractivity contribution < 1.29 is 14.4 Å². The van der Waals surface area contributed by atoms with Crippen LogP contribution in [-0.4, -0.2) is 39.7 Å². The first kappa shape index (κ1) is 24.2. The first-order valence-electron chi connectivity index (χ1n) is 10.4. The molecule has 0 aliphatic heterocycles. The maximum absolute atomic E-state index is 10.8. The van der Waals surface area contributed by atoms with E-state index in [1.165, 1.54) is 16.7 Å². The number of aryl methyl sites for hydroxylation is 2. The number of aromatic nitrogens is 2. The summed E-state index contributed by atoms with van der Waals surface area (Å²) in [6, 6.07) is 22.3. The molecule has 33 heavy (non-hydrogen) atoms. The zero-order valence-electron chi connectivity index (χ0n) is 18.8. The Labute approximate surface area is 199 Å². The molecule has 0 amide bonds. The molecule has 0 saturated carbocycles. The highest BCUT2D eigenvalue weighted by molar-refractivity contribution is 5.85. The number of aliphatic carboxylic acids is 1. The molecule has 0 fully saturated rings. The van der Waals surface area contributed by atoms with Gasteiger partial charge in [-0.15, -0.1) is 12.4 Å². The van der Waals surface area contributed by atoms with Gasteiger partial charge in [-0.3, -0.25) is 9.69 Å². The third-order valence-electron chi connectivity index (χ3n) is 5.40. The van der Waals surface area contributed by atoms with Crippen LogP contribution >= 0.6 is 12.4 Å². The van der Waals surface area contributed by atoms with Gasteiger partial charge in [0.1, 0.15) is 0 Å². The normalized spacial score (nSPS) is 10.8. The van der Waals surface area contributed by atoms with Gasteiger partial charge < -0.3 is 9.63 Å². The Morgan fingerprint density at radius 2 is 1.61 bits per heavy atom. The van der Waals surface area contributed by atoms with Gasteiger partial charge >= 0.3 is 5.97 Å². The van der Waals surface area contributed by atoms with E-state index in [9.17, 15) is 4.79 Å². The van der Waals surface area contributed by atoms with Crippen LogP contribution in [0.3, 0.4) is 0 Å². The second-order valence-corrected chi connectivity index (χ2v) is 8.03. The van der Waals surface area contributed by atoms with Gasteiger partial charge in [0.05, 0.1) is 6.54 Å². The number of halogens is 1. The van der Waals surface area contributed by atoms with Gasteiger partial charge in [0.25, 0.3) is 5.89 Å². The van der Waals surface area contributed by atoms with Crippen LogP contribution in [0.1, 0.15) is 16.7 Å². The third-order valence-corrected chi connectivity index (χ3v) is 5.40. The Hall–Kier alpha value is -3.48. The van der Waals surface area contributed by atoms with Crippen LogP contribution in [0.5, 0.6) is 0 Å². The molecule has 1 aromatic heterocycles. The number of carboxylic acid groups (broad SMARTS) is 1. The maximum Gasteiger partial charge on any atom is 0.317 e. The summed E-state index contributed by atoms with van der Waals surface area (Å²) in [4.78, 5) is 17.1. The Morgan fingerprint density at radius 3 is 2.27 bits per heavy atom. The van der Waals surface area contributed by atoms with Crippen LogP contribution in [0.25, 0.3) is 34.0 Å². The molecule has 170 valence electrons. The Balaban J connectivity index is 0.00000306. The zero-order chi connectivity index (χ0) is 22.7. The van der Waals surface area contributed by atoms with Gasteiger partial charge in [-0.05, 0) is 60.8 Å². The van der Waals surface area contributed by atoms with Gasteiger partial charge in [0, 0.05) is 17.7 Å². The number of hydrogen-bond donors (Lipinski definition) is 1. The van der Waals surface area contributed by atoms with Crippen molar-refractivity contribution in [1.29, 1.82) is 0 Å². The number of hydrogen-bond acceptors (Lipinski definition) is 5. The number of rotatable bonds is 7. The Bertz CT molecular complexity index is 1250. The number of likely N-dealkylation sites (N-methyl/N-ethyl adjacent to an activating group) is 1. The van der Waals surface area contributed by atoms with E-state index in [1.807, 2.05) is 36.4 Å². The predicted octanol–water partition coefficient (Wildman–Crippen LogP) is 5.63. The molecule has 0 aliphatic carbocycles. The highest BCUT2D eigenvalue weighted by Crippen LogP contribution is 2.30. The molecule has 4 aromatic rings. The first-order valence-corrected chi connectivity index (χ1v) is 10.4. The molecule has 1 N–H and O–H groups in total. The average molecular weight is 464 g/mol. The lowest BCUT2D eigenvalue weighted by molar-refractivity contribution is -0.138. The smallest absolute Gasteiger partial charge is 0.317 e. The molecule has 0 radical (unpaired) electrons. The van der Waals surface area contributed by atoms with Crippen molar-refractivity contribution in [2.75, 3.05) is 13.6 Å². The molecule has 0 bridgehead atoms. The average Bonchev–Trinajstić information content (AvgIpc) is 3.24. The molecular weight excluding hydrogens is 438 g/mol. The minimum absolute atomic E-state index is 0. The molecule has 0 unspecified atom stereocenters. The molecule has 7 heteroatoms. The van der Waals surface area contributed by atoms with E-state index in [2.05, 4.69) is 54.3 Å². The summed E-state index contributed by atoms with van der Waals surface area (Å²) in [5.41, 5.74) is 7.53. The minimum Gasteiger partial charge on any atom is -0.480 e. The van der Waals surface area contributed by atoms with Crippen LogP contribution in [0.15, 0.2) is 71.3 Å². The molecular formula is C26H26ClN3O3. The van der Waals surface area contributed by atoms with Crippen molar-refractivity contribution in [3.8, 4) is 34.0 Å². The third kappa shape index (κ3) is 5.66. The number of benzene rings is 3. The molecule has 6 nitrogen and oxygen atoms in total. The molecule has 3 aromatic carbocycles. The predicted molar refractivity (Wildman–Crippen MR) is 131 cm³/mol. The fourth-order valence-corrected chi connectivity index (χ4v) is 3.79. The van der Waals surface area contributed by atoms with Gasteiger partial charge in [-0.25, -0.2) is 0 Å². The Kier molecular flexibility index (Phi) is 7.63. The van der Waals surface area contributed by atoms with E-state index in [0.29, 0.717) is 18.3 Å². The van der Waals surface area contributed by atoms with Crippen molar-refractivity contribution >= 4 is 18.4 Å². The summed E-state index contributed by atoms with van der Waals surface area (Å²) in [5.74, 6) is 0.154. The standard InChI is InChI=1S/C26H25N3O3.ClH/c1-17-6-4-5-7-22(17)23-13-12-21(14-18(23)2)26-27-25(28-32-26)20-10-8-19(9-11-20)15-29(3)16-24(30)31;/h4-14H,15-16H2,1-3H3,(H,30,31);1H. The maximum atomic E-state index is 10.8. The first-order chi connectivity index (χ1) is 15.4. The van der Waals surface area contributed by atoms with Crippen molar-refractivity contribution in [3.63, 3.8) is 0 Å². The fraction of sp³-hybridized carbons (Fsp3) is 0.192. The summed E-state index contributed by atoms with van der Waals surface area (Å²) >= 11 is 0. The number of nitrogens with zero attached hydrogens (tertiary/aromatic N) is 3. The van der Waals surface area contributed by atoms with Crippen LogP contribution < -0.4 is 0 Å². The van der Waals surface area contributed by atoms with Gasteiger partial charge in [-0.1, -0.05) is 59.8 Å². The second-order valence-electron chi connectivity index (χ2n) is 8.03. The lowest BCUT2D eigenvalue weighted by atomic mass is 9.95. The molecule has 0 saturated heterocycles. The summed E-state index contributed by atoms with van der Waals surface area (Å²) in [6.45, 7) is 4.75. The number of carboxylic acids is 1. The van der Waals surface area contributed by atoms with Gasteiger partial charge in [0.15, 0.2) is 0 Å². The van der Waals surface area contributed by atoms with Crippen molar-refractivity contribution in [1.82, 2.24) is 15.0 Å². The lowest BCUT2D eigenvalue weighted by Gasteiger charge is -2.13. The molecule has 0 aliphatic rings. The van der Waals surface area contributed by atoms with Crippen LogP contribution in [0.2, 0.25) is 0 Å². The van der Waals surface area contributed by atoms with E-state index >= 15 is 0 Å². The molecule has 0 atom stereocenters. The van der Waals surface area contributed by atoms with E-state index in [0.717, 1.165) is 22.3 Å². The van der Waals surface area contributed by atoms with Crippen LogP contribution in [0, 0.1) is 13.8 Å². The largest absolute Gasteiger partial charge is 0.480 e. The van der Waals surface area contributed by atoms with Crippen molar-refractivity contribution in [3.05, 3.63) is 83.4 Å². The van der Waals surface area contributed by atoms with Crippen LogP contribution in [0.4, 0.5) is 0 Å². The van der Waals surface area contributed by atoms with Gasteiger partial charge in [-0.2, -0.15) is 4.98 Å². The van der Waals surface area contributed by atoms with E-state index in [-0.39, 0.29) is 19.0 Å². The van der Waals surface area contributed by atoms with Crippen LogP contribution in [-0.2, 0) is 11.3 Å². The highest BCUT2D eigenvalue weighted by atomic mass is 35.5. The second kappa shape index (κ2) is 10.4. The van der Waals surface area contributed by atoms with E-state index in [1.54, 1.807) is 11.9 Å². The summed E-state index contributed by atoms with van der Waals surface area (Å²) in [7, 11) is 1.78. The molecule has 1 heterocycles. The summed E-state index contributed by atoms with van der Waals surface area (Å²) in [6.07, 6.45) is 0. The lowest BCUT2D eigenvalue weighted by Crippen LogP contribution is -2.25. The summed E-state index contributed by atoms with van der Waals surface area (Å²) < 4.78 is 5.53. The van der Waals surface area contributed by atoms with Crippen molar-refractivity contribution in [2.45, 2.75) is 20.4 Å². The van der Waals surface area contributed by atoms with E-state index in [4.69, 9.17) is 9.63 Å². The van der Waals surface area contributed by atoms with E-state index < -0.39 is 5.97 Å². The topological polar surface area (TPSA) is 79.5 Å². The molecule has 0 spiro atoms. The number of carbonyl (C=O) groups is 1. The quantitative estimate of drug-likeness (QED) is 0.383. The van der Waals surface area contributed by atoms with Crippen molar-refractivity contribution in [2.24, 2.45) is 0 Å².